The molecule has 0 spiro atoms. The van der Waals surface area contributed by atoms with Crippen LogP contribution in [0.3, 0.4) is 0 Å². The molecule has 1 nitrogen and oxygen atoms in total. The van der Waals surface area contributed by atoms with Crippen molar-refractivity contribution in [3.05, 3.63) is 71.3 Å². The van der Waals surface area contributed by atoms with Crippen molar-refractivity contribution in [3.63, 3.8) is 0 Å². The molecular formula is C33H48OS. The Bertz CT molecular complexity index is 836. The molecule has 2 aromatic carbocycles. The Morgan fingerprint density at radius 3 is 1.94 bits per heavy atom. The minimum absolute atomic E-state index is 0.0708. The molecule has 0 N–H and O–H groups in total. The summed E-state index contributed by atoms with van der Waals surface area (Å²) in [5, 5.41) is 0. The summed E-state index contributed by atoms with van der Waals surface area (Å²) in [6.07, 6.45) is 23.9. The van der Waals surface area contributed by atoms with Crippen LogP contribution in [0.5, 0.6) is 0 Å². The third-order valence-corrected chi connectivity index (χ3v) is 7.70. The minimum Gasteiger partial charge on any atom is -0.289 e. The lowest BCUT2D eigenvalue weighted by atomic mass is 10.0. The summed E-state index contributed by atoms with van der Waals surface area (Å²) >= 11 is 1.91. The third kappa shape index (κ3) is 13.8. The summed E-state index contributed by atoms with van der Waals surface area (Å²) in [4.78, 5) is 13.8. The SMILES string of the molecule is CCCCCCCCCCCCCCSc1ccc(C(=O)/C=C/c2cccc(CCCC)c2)cc1. The molecule has 0 fully saturated rings. The highest BCUT2D eigenvalue weighted by molar-refractivity contribution is 7.99. The average molecular weight is 493 g/mol. The molecule has 0 aliphatic carbocycles. The van der Waals surface area contributed by atoms with Crippen LogP contribution in [-0.2, 0) is 6.42 Å². The first-order valence-electron chi connectivity index (χ1n) is 14.3. The number of aryl methyl sites for hydroxylation is 1. The van der Waals surface area contributed by atoms with Crippen molar-refractivity contribution in [2.75, 3.05) is 5.75 Å². The summed E-state index contributed by atoms with van der Waals surface area (Å²) in [5.41, 5.74) is 3.20. The van der Waals surface area contributed by atoms with Crippen molar-refractivity contribution in [1.82, 2.24) is 0 Å². The molecule has 0 bridgehead atoms. The molecule has 2 rings (SSSR count). The molecule has 35 heavy (non-hydrogen) atoms. The molecule has 0 heterocycles. The summed E-state index contributed by atoms with van der Waals surface area (Å²) in [5.74, 6) is 1.24. The molecule has 192 valence electrons. The van der Waals surface area contributed by atoms with Crippen LogP contribution in [-0.4, -0.2) is 11.5 Å². The Balaban J connectivity index is 1.58. The number of ketones is 1. The van der Waals surface area contributed by atoms with Gasteiger partial charge in [-0.3, -0.25) is 4.79 Å². The summed E-state index contributed by atoms with van der Waals surface area (Å²) < 4.78 is 0. The summed E-state index contributed by atoms with van der Waals surface area (Å²) in [6.45, 7) is 4.50. The first-order chi connectivity index (χ1) is 17.2. The van der Waals surface area contributed by atoms with E-state index in [1.807, 2.05) is 30.0 Å². The number of carbonyl (C=O) groups excluding carboxylic acids is 1. The van der Waals surface area contributed by atoms with Gasteiger partial charge < -0.3 is 0 Å². The van der Waals surface area contributed by atoms with E-state index in [1.54, 1.807) is 6.08 Å². The van der Waals surface area contributed by atoms with Crippen molar-refractivity contribution in [2.24, 2.45) is 0 Å². The smallest absolute Gasteiger partial charge is 0.185 e. The van der Waals surface area contributed by atoms with Crippen LogP contribution in [0.1, 0.15) is 125 Å². The predicted octanol–water partition coefficient (Wildman–Crippen LogP) is 10.7. The van der Waals surface area contributed by atoms with Gasteiger partial charge in [0, 0.05) is 10.5 Å². The molecule has 0 saturated carbocycles. The van der Waals surface area contributed by atoms with Crippen LogP contribution in [0.4, 0.5) is 0 Å². The van der Waals surface area contributed by atoms with Gasteiger partial charge in [-0.15, -0.1) is 11.8 Å². The molecule has 0 radical (unpaired) electrons. The van der Waals surface area contributed by atoms with E-state index in [9.17, 15) is 4.79 Å². The highest BCUT2D eigenvalue weighted by Crippen LogP contribution is 2.21. The maximum Gasteiger partial charge on any atom is 0.185 e. The maximum absolute atomic E-state index is 12.6. The van der Waals surface area contributed by atoms with Gasteiger partial charge in [-0.2, -0.15) is 0 Å². The van der Waals surface area contributed by atoms with Crippen molar-refractivity contribution in [3.8, 4) is 0 Å². The van der Waals surface area contributed by atoms with E-state index in [-0.39, 0.29) is 5.78 Å². The van der Waals surface area contributed by atoms with Gasteiger partial charge in [0.15, 0.2) is 5.78 Å². The van der Waals surface area contributed by atoms with E-state index in [0.29, 0.717) is 0 Å². The number of allylic oxidation sites excluding steroid dienone is 1. The zero-order valence-corrected chi connectivity index (χ0v) is 23.2. The highest BCUT2D eigenvalue weighted by atomic mass is 32.2. The van der Waals surface area contributed by atoms with E-state index >= 15 is 0 Å². The fourth-order valence-corrected chi connectivity index (χ4v) is 5.26. The monoisotopic (exact) mass is 492 g/mol. The van der Waals surface area contributed by atoms with Gasteiger partial charge in [0.05, 0.1) is 0 Å². The van der Waals surface area contributed by atoms with E-state index in [2.05, 4.69) is 50.2 Å². The van der Waals surface area contributed by atoms with E-state index in [1.165, 1.54) is 106 Å². The Kier molecular flexibility index (Phi) is 16.3. The second-order valence-corrected chi connectivity index (χ2v) is 11.0. The van der Waals surface area contributed by atoms with Crippen LogP contribution in [0.15, 0.2) is 59.5 Å². The molecule has 0 aromatic heterocycles. The van der Waals surface area contributed by atoms with Gasteiger partial charge in [0.25, 0.3) is 0 Å². The Hall–Kier alpha value is -1.80. The predicted molar refractivity (Wildman–Crippen MR) is 157 cm³/mol. The number of hydrogen-bond acceptors (Lipinski definition) is 2. The van der Waals surface area contributed by atoms with Gasteiger partial charge in [-0.05, 0) is 66.5 Å². The molecule has 0 aliphatic rings. The van der Waals surface area contributed by atoms with Gasteiger partial charge >= 0.3 is 0 Å². The van der Waals surface area contributed by atoms with E-state index in [0.717, 1.165) is 17.5 Å². The lowest BCUT2D eigenvalue weighted by molar-refractivity contribution is 0.104. The molecule has 0 unspecified atom stereocenters. The van der Waals surface area contributed by atoms with E-state index < -0.39 is 0 Å². The number of carbonyl (C=O) groups is 1. The first kappa shape index (κ1) is 29.4. The highest BCUT2D eigenvalue weighted by Gasteiger charge is 2.03. The summed E-state index contributed by atoms with van der Waals surface area (Å²) in [6, 6.07) is 16.6. The topological polar surface area (TPSA) is 17.1 Å². The van der Waals surface area contributed by atoms with Gasteiger partial charge in [-0.1, -0.05) is 121 Å². The van der Waals surface area contributed by atoms with Crippen molar-refractivity contribution < 1.29 is 4.79 Å². The van der Waals surface area contributed by atoms with Crippen molar-refractivity contribution >= 4 is 23.6 Å². The largest absolute Gasteiger partial charge is 0.289 e. The number of rotatable bonds is 20. The quantitative estimate of drug-likeness (QED) is 0.0791. The van der Waals surface area contributed by atoms with Crippen LogP contribution >= 0.6 is 11.8 Å². The van der Waals surface area contributed by atoms with Crippen LogP contribution in [0.25, 0.3) is 6.08 Å². The van der Waals surface area contributed by atoms with Gasteiger partial charge in [-0.25, -0.2) is 0 Å². The maximum atomic E-state index is 12.6. The Labute approximate surface area is 220 Å². The van der Waals surface area contributed by atoms with Crippen LogP contribution in [0, 0.1) is 0 Å². The minimum atomic E-state index is 0.0708. The second-order valence-electron chi connectivity index (χ2n) is 9.81. The summed E-state index contributed by atoms with van der Waals surface area (Å²) in [7, 11) is 0. The van der Waals surface area contributed by atoms with Gasteiger partial charge in [0.1, 0.15) is 0 Å². The molecule has 2 heteroatoms. The number of benzene rings is 2. The first-order valence-corrected chi connectivity index (χ1v) is 15.3. The number of thioether (sulfide) groups is 1. The lowest BCUT2D eigenvalue weighted by Gasteiger charge is -2.04. The molecular weight excluding hydrogens is 444 g/mol. The average Bonchev–Trinajstić information content (AvgIpc) is 2.89. The molecule has 0 saturated heterocycles. The van der Waals surface area contributed by atoms with Crippen molar-refractivity contribution in [2.45, 2.75) is 115 Å². The van der Waals surface area contributed by atoms with Gasteiger partial charge in [0.2, 0.25) is 0 Å². The third-order valence-electron chi connectivity index (χ3n) is 6.60. The normalized spacial score (nSPS) is 11.4. The Morgan fingerprint density at radius 2 is 1.31 bits per heavy atom. The molecule has 2 aromatic rings. The van der Waals surface area contributed by atoms with Crippen molar-refractivity contribution in [1.29, 1.82) is 0 Å². The number of unbranched alkanes of at least 4 members (excludes halogenated alkanes) is 12. The van der Waals surface area contributed by atoms with E-state index in [4.69, 9.17) is 0 Å². The van der Waals surface area contributed by atoms with Crippen LogP contribution < -0.4 is 0 Å². The molecule has 0 amide bonds. The number of hydrogen-bond donors (Lipinski definition) is 0. The van der Waals surface area contributed by atoms with Crippen LogP contribution in [0.2, 0.25) is 0 Å². The fourth-order valence-electron chi connectivity index (χ4n) is 4.35. The standard InChI is InChI=1S/C33H48OS/c1-3-5-7-8-9-10-11-12-13-14-15-16-27-35-32-24-22-31(23-25-32)33(34)26-21-30-20-17-19-29(28-30)18-6-4-2/h17,19-26,28H,3-16,18,27H2,1-2H3/b26-21+. The lowest BCUT2D eigenvalue weighted by Crippen LogP contribution is -1.94. The zero-order chi connectivity index (χ0) is 25.0. The second kappa shape index (κ2) is 19.4. The zero-order valence-electron chi connectivity index (χ0n) is 22.4. The molecule has 0 aliphatic heterocycles. The molecule has 0 atom stereocenters. The Morgan fingerprint density at radius 1 is 0.714 bits per heavy atom. The fraction of sp³-hybridized carbons (Fsp3) is 0.545.